The van der Waals surface area contributed by atoms with Crippen LogP contribution in [0.15, 0.2) is 77.7 Å². The molecule has 7 nitrogen and oxygen atoms in total. The van der Waals surface area contributed by atoms with Crippen molar-refractivity contribution in [2.45, 2.75) is 24.3 Å². The zero-order valence-corrected chi connectivity index (χ0v) is 18.5. The highest BCUT2D eigenvalue weighted by Gasteiger charge is 2.30. The standard InChI is InChI=1S/C24H24N4O3S/c1-24(2,25)16-8-10-17(11-9-16)27-22(15-6-4-3-5-7-15)21-19-14-18(32(26,30)31)12-13-20(19)28-23(21)29/h3-14,27H,25H2,1-2H3,(H,28,29)(H2,26,30,31)/b22-21-. The number of rotatable bonds is 5. The van der Waals surface area contributed by atoms with E-state index in [0.717, 1.165) is 16.8 Å². The predicted octanol–water partition coefficient (Wildman–Crippen LogP) is 3.46. The summed E-state index contributed by atoms with van der Waals surface area (Å²) in [5, 5.41) is 11.5. The molecule has 0 fully saturated rings. The normalized spacial score (nSPS) is 15.2. The summed E-state index contributed by atoms with van der Waals surface area (Å²) in [5.41, 5.74) is 10.1. The summed E-state index contributed by atoms with van der Waals surface area (Å²) in [5.74, 6) is -0.336. The molecule has 32 heavy (non-hydrogen) atoms. The number of hydrogen-bond donors (Lipinski definition) is 4. The van der Waals surface area contributed by atoms with Crippen LogP contribution in [0.2, 0.25) is 0 Å². The van der Waals surface area contributed by atoms with E-state index < -0.39 is 15.6 Å². The molecule has 1 amide bonds. The molecule has 0 radical (unpaired) electrons. The predicted molar refractivity (Wildman–Crippen MR) is 127 cm³/mol. The van der Waals surface area contributed by atoms with Crippen molar-refractivity contribution in [3.05, 3.63) is 89.5 Å². The van der Waals surface area contributed by atoms with Crippen LogP contribution in [0.4, 0.5) is 11.4 Å². The molecule has 1 heterocycles. The number of nitrogens with two attached hydrogens (primary N) is 2. The number of primary sulfonamides is 1. The lowest BCUT2D eigenvalue weighted by Gasteiger charge is -2.20. The monoisotopic (exact) mass is 448 g/mol. The Labute approximate surface area is 187 Å². The van der Waals surface area contributed by atoms with Gasteiger partial charge < -0.3 is 16.4 Å². The van der Waals surface area contributed by atoms with Gasteiger partial charge in [0.05, 0.1) is 16.2 Å². The minimum Gasteiger partial charge on any atom is -0.354 e. The topological polar surface area (TPSA) is 127 Å². The Morgan fingerprint density at radius 2 is 1.62 bits per heavy atom. The molecule has 3 aromatic carbocycles. The smallest absolute Gasteiger partial charge is 0.258 e. The van der Waals surface area contributed by atoms with Crippen LogP contribution in [-0.2, 0) is 20.4 Å². The Bertz CT molecular complexity index is 1320. The van der Waals surface area contributed by atoms with Crippen LogP contribution in [0.3, 0.4) is 0 Å². The Hall–Kier alpha value is -3.46. The maximum atomic E-state index is 13.0. The van der Waals surface area contributed by atoms with Crippen molar-refractivity contribution in [1.29, 1.82) is 0 Å². The number of amides is 1. The van der Waals surface area contributed by atoms with Gasteiger partial charge in [-0.1, -0.05) is 42.5 Å². The number of nitrogens with one attached hydrogen (secondary N) is 2. The van der Waals surface area contributed by atoms with Crippen molar-refractivity contribution >= 4 is 38.6 Å². The lowest BCUT2D eigenvalue weighted by Crippen LogP contribution is -2.28. The first-order valence-electron chi connectivity index (χ1n) is 9.99. The van der Waals surface area contributed by atoms with Gasteiger partial charge in [-0.15, -0.1) is 0 Å². The highest BCUT2D eigenvalue weighted by atomic mass is 32.2. The first-order valence-corrected chi connectivity index (χ1v) is 11.5. The van der Waals surface area contributed by atoms with Gasteiger partial charge in [-0.3, -0.25) is 4.79 Å². The summed E-state index contributed by atoms with van der Waals surface area (Å²) in [6, 6.07) is 21.3. The number of fused-ring (bicyclic) bond motifs is 1. The van der Waals surface area contributed by atoms with Crippen molar-refractivity contribution < 1.29 is 13.2 Å². The summed E-state index contributed by atoms with van der Waals surface area (Å²) in [6.45, 7) is 3.85. The molecule has 0 bridgehead atoms. The van der Waals surface area contributed by atoms with Crippen molar-refractivity contribution in [3.8, 4) is 0 Å². The van der Waals surface area contributed by atoms with E-state index in [0.29, 0.717) is 22.5 Å². The second-order valence-corrected chi connectivity index (χ2v) is 9.81. The first kappa shape index (κ1) is 21.8. The minimum absolute atomic E-state index is 0.0628. The second-order valence-electron chi connectivity index (χ2n) is 8.25. The van der Waals surface area contributed by atoms with Gasteiger partial charge in [0.2, 0.25) is 10.0 Å². The van der Waals surface area contributed by atoms with Gasteiger partial charge >= 0.3 is 0 Å². The molecular weight excluding hydrogens is 424 g/mol. The summed E-state index contributed by atoms with van der Waals surface area (Å²) in [4.78, 5) is 12.9. The Morgan fingerprint density at radius 3 is 2.22 bits per heavy atom. The fourth-order valence-corrected chi connectivity index (χ4v) is 4.12. The van der Waals surface area contributed by atoms with Crippen LogP contribution in [-0.4, -0.2) is 14.3 Å². The first-order chi connectivity index (χ1) is 15.0. The van der Waals surface area contributed by atoms with E-state index >= 15 is 0 Å². The maximum Gasteiger partial charge on any atom is 0.258 e. The van der Waals surface area contributed by atoms with Crippen molar-refractivity contribution in [2.75, 3.05) is 10.6 Å². The molecule has 6 N–H and O–H groups in total. The summed E-state index contributed by atoms with van der Waals surface area (Å²) < 4.78 is 23.8. The van der Waals surface area contributed by atoms with Gasteiger partial charge in [0.1, 0.15) is 0 Å². The molecule has 0 aromatic heterocycles. The molecule has 0 saturated carbocycles. The molecule has 1 aliphatic heterocycles. The Balaban J connectivity index is 1.88. The van der Waals surface area contributed by atoms with E-state index in [1.165, 1.54) is 12.1 Å². The van der Waals surface area contributed by atoms with Crippen molar-refractivity contribution in [1.82, 2.24) is 0 Å². The van der Waals surface area contributed by atoms with Crippen molar-refractivity contribution in [3.63, 3.8) is 0 Å². The molecule has 0 unspecified atom stereocenters. The molecule has 8 heteroatoms. The van der Waals surface area contributed by atoms with Gasteiger partial charge in [0, 0.05) is 22.5 Å². The van der Waals surface area contributed by atoms with Crippen LogP contribution >= 0.6 is 0 Å². The van der Waals surface area contributed by atoms with E-state index in [-0.39, 0.29) is 10.8 Å². The summed E-state index contributed by atoms with van der Waals surface area (Å²) in [6.07, 6.45) is 0. The lowest BCUT2D eigenvalue weighted by atomic mass is 9.95. The molecule has 0 atom stereocenters. The average Bonchev–Trinajstić information content (AvgIpc) is 3.06. The molecule has 3 aromatic rings. The van der Waals surface area contributed by atoms with Crippen LogP contribution in [0.25, 0.3) is 11.3 Å². The highest BCUT2D eigenvalue weighted by molar-refractivity contribution is 7.89. The van der Waals surface area contributed by atoms with Crippen LogP contribution < -0.4 is 21.5 Å². The minimum atomic E-state index is -3.93. The molecular formula is C24H24N4O3S. The van der Waals surface area contributed by atoms with E-state index in [9.17, 15) is 13.2 Å². The second kappa shape index (κ2) is 7.90. The third-order valence-corrected chi connectivity index (χ3v) is 6.19. The number of sulfonamides is 1. The third kappa shape index (κ3) is 4.29. The molecule has 0 saturated heterocycles. The Morgan fingerprint density at radius 1 is 0.969 bits per heavy atom. The van der Waals surface area contributed by atoms with Gasteiger partial charge in [-0.2, -0.15) is 0 Å². The zero-order valence-electron chi connectivity index (χ0n) is 17.7. The zero-order chi connectivity index (χ0) is 23.1. The largest absolute Gasteiger partial charge is 0.354 e. The van der Waals surface area contributed by atoms with E-state index in [1.807, 2.05) is 68.4 Å². The van der Waals surface area contributed by atoms with E-state index in [1.54, 1.807) is 6.07 Å². The maximum absolute atomic E-state index is 13.0. The van der Waals surface area contributed by atoms with Gasteiger partial charge in [0.25, 0.3) is 5.91 Å². The number of carbonyl (C=O) groups excluding carboxylic acids is 1. The quantitative estimate of drug-likeness (QED) is 0.445. The Kier molecular flexibility index (Phi) is 5.37. The van der Waals surface area contributed by atoms with Crippen LogP contribution in [0.1, 0.15) is 30.5 Å². The number of hydrogen-bond acceptors (Lipinski definition) is 5. The van der Waals surface area contributed by atoms with Crippen LogP contribution in [0, 0.1) is 0 Å². The van der Waals surface area contributed by atoms with Gasteiger partial charge in [0.15, 0.2) is 0 Å². The van der Waals surface area contributed by atoms with Crippen molar-refractivity contribution in [2.24, 2.45) is 10.9 Å². The van der Waals surface area contributed by atoms with Gasteiger partial charge in [-0.05, 0) is 55.3 Å². The lowest BCUT2D eigenvalue weighted by molar-refractivity contribution is -0.110. The SMILES string of the molecule is CC(C)(N)c1ccc(N/C(=C2\C(=O)Nc3ccc(S(N)(=O)=O)cc32)c2ccccc2)cc1. The molecule has 4 rings (SSSR count). The fourth-order valence-electron chi connectivity index (χ4n) is 3.58. The van der Waals surface area contributed by atoms with E-state index in [2.05, 4.69) is 10.6 Å². The molecule has 164 valence electrons. The highest BCUT2D eigenvalue weighted by Crippen LogP contribution is 2.38. The van der Waals surface area contributed by atoms with E-state index in [4.69, 9.17) is 10.9 Å². The summed E-state index contributed by atoms with van der Waals surface area (Å²) in [7, 11) is -3.93. The third-order valence-electron chi connectivity index (χ3n) is 5.27. The number of carbonyl (C=O) groups is 1. The number of anilines is 2. The molecule has 1 aliphatic rings. The summed E-state index contributed by atoms with van der Waals surface area (Å²) >= 11 is 0. The number of benzene rings is 3. The molecule has 0 spiro atoms. The molecule has 0 aliphatic carbocycles. The fraction of sp³-hybridized carbons (Fsp3) is 0.125. The average molecular weight is 449 g/mol. The van der Waals surface area contributed by atoms with Crippen LogP contribution in [0.5, 0.6) is 0 Å². The van der Waals surface area contributed by atoms with Gasteiger partial charge in [-0.25, -0.2) is 13.6 Å².